The van der Waals surface area contributed by atoms with Gasteiger partial charge >= 0.3 is 0 Å². The highest BCUT2D eigenvalue weighted by Gasteiger charge is 2.10. The van der Waals surface area contributed by atoms with Crippen LogP contribution in [0.5, 0.6) is 0 Å². The smallest absolute Gasteiger partial charge is 0.0511 e. The Labute approximate surface area is 136 Å². The monoisotopic (exact) mass is 346 g/mol. The predicted octanol–water partition coefficient (Wildman–Crippen LogP) is 4.76. The molecule has 3 heteroatoms. The van der Waals surface area contributed by atoms with Crippen molar-refractivity contribution in [3.8, 4) is 0 Å². The first-order chi connectivity index (χ1) is 10.1. The van der Waals surface area contributed by atoms with Crippen LogP contribution in [-0.2, 0) is 6.54 Å². The number of hydrogen-bond donors (Lipinski definition) is 1. The van der Waals surface area contributed by atoms with Gasteiger partial charge in [0.05, 0.1) is 5.69 Å². The SMILES string of the molecule is CCNC(C)c1ccc(N(C)Cc2ccccc2)c(Br)c1. The molecule has 0 aliphatic carbocycles. The maximum atomic E-state index is 3.71. The summed E-state index contributed by atoms with van der Waals surface area (Å²) in [6.07, 6.45) is 0. The van der Waals surface area contributed by atoms with Crippen LogP contribution in [-0.4, -0.2) is 13.6 Å². The van der Waals surface area contributed by atoms with Crippen molar-refractivity contribution in [1.82, 2.24) is 5.32 Å². The third kappa shape index (κ3) is 4.32. The summed E-state index contributed by atoms with van der Waals surface area (Å²) in [4.78, 5) is 2.26. The summed E-state index contributed by atoms with van der Waals surface area (Å²) >= 11 is 3.71. The zero-order chi connectivity index (χ0) is 15.2. The van der Waals surface area contributed by atoms with Crippen LogP contribution >= 0.6 is 15.9 Å². The number of benzene rings is 2. The summed E-state index contributed by atoms with van der Waals surface area (Å²) in [6.45, 7) is 6.21. The van der Waals surface area contributed by atoms with Crippen LogP contribution in [0.15, 0.2) is 53.0 Å². The van der Waals surface area contributed by atoms with Gasteiger partial charge in [-0.1, -0.05) is 43.3 Å². The second-order valence-electron chi connectivity index (χ2n) is 5.33. The Morgan fingerprint density at radius 2 is 1.86 bits per heavy atom. The summed E-state index contributed by atoms with van der Waals surface area (Å²) in [5.41, 5.74) is 3.84. The summed E-state index contributed by atoms with van der Waals surface area (Å²) in [7, 11) is 2.13. The molecule has 2 aromatic carbocycles. The van der Waals surface area contributed by atoms with Crippen molar-refractivity contribution in [2.75, 3.05) is 18.5 Å². The number of hydrogen-bond acceptors (Lipinski definition) is 2. The van der Waals surface area contributed by atoms with E-state index in [4.69, 9.17) is 0 Å². The van der Waals surface area contributed by atoms with Crippen molar-refractivity contribution in [3.63, 3.8) is 0 Å². The molecule has 1 N–H and O–H groups in total. The van der Waals surface area contributed by atoms with E-state index in [1.807, 2.05) is 0 Å². The number of nitrogens with zero attached hydrogens (tertiary/aromatic N) is 1. The normalized spacial score (nSPS) is 12.2. The minimum Gasteiger partial charge on any atom is -0.369 e. The Morgan fingerprint density at radius 3 is 2.48 bits per heavy atom. The molecule has 0 fully saturated rings. The molecule has 21 heavy (non-hydrogen) atoms. The Morgan fingerprint density at radius 1 is 1.14 bits per heavy atom. The molecular formula is C18H23BrN2. The molecule has 2 nitrogen and oxygen atoms in total. The first-order valence-electron chi connectivity index (χ1n) is 7.39. The fourth-order valence-corrected chi connectivity index (χ4v) is 3.17. The highest BCUT2D eigenvalue weighted by molar-refractivity contribution is 9.10. The maximum absolute atomic E-state index is 3.71. The highest BCUT2D eigenvalue weighted by Crippen LogP contribution is 2.29. The van der Waals surface area contributed by atoms with Crippen LogP contribution in [0.3, 0.4) is 0 Å². The summed E-state index contributed by atoms with van der Waals surface area (Å²) in [5.74, 6) is 0. The van der Waals surface area contributed by atoms with Crippen molar-refractivity contribution in [2.24, 2.45) is 0 Å². The van der Waals surface area contributed by atoms with Crippen molar-refractivity contribution in [2.45, 2.75) is 26.4 Å². The van der Waals surface area contributed by atoms with Gasteiger partial charge in [0, 0.05) is 24.1 Å². The number of halogens is 1. The van der Waals surface area contributed by atoms with Gasteiger partial charge in [-0.15, -0.1) is 0 Å². The molecule has 0 heterocycles. The molecule has 0 aliphatic rings. The number of anilines is 1. The van der Waals surface area contributed by atoms with Crippen LogP contribution in [0, 0.1) is 0 Å². The Bertz CT molecular complexity index is 569. The predicted molar refractivity (Wildman–Crippen MR) is 94.8 cm³/mol. The van der Waals surface area contributed by atoms with Gasteiger partial charge in [0.1, 0.15) is 0 Å². The lowest BCUT2D eigenvalue weighted by Crippen LogP contribution is -2.19. The first-order valence-corrected chi connectivity index (χ1v) is 8.19. The Kier molecular flexibility index (Phi) is 5.83. The number of nitrogens with one attached hydrogen (secondary N) is 1. The third-order valence-corrected chi connectivity index (χ3v) is 4.29. The topological polar surface area (TPSA) is 15.3 Å². The van der Waals surface area contributed by atoms with Gasteiger partial charge in [-0.2, -0.15) is 0 Å². The van der Waals surface area contributed by atoms with E-state index >= 15 is 0 Å². The van der Waals surface area contributed by atoms with E-state index in [0.717, 1.165) is 17.6 Å². The first kappa shape index (κ1) is 16.1. The van der Waals surface area contributed by atoms with E-state index in [2.05, 4.69) is 95.6 Å². The van der Waals surface area contributed by atoms with Gasteiger partial charge in [-0.05, 0) is 52.7 Å². The molecule has 0 spiro atoms. The highest BCUT2D eigenvalue weighted by atomic mass is 79.9. The molecule has 0 amide bonds. The van der Waals surface area contributed by atoms with E-state index in [1.165, 1.54) is 16.8 Å². The molecule has 2 aromatic rings. The van der Waals surface area contributed by atoms with Gasteiger partial charge in [0.2, 0.25) is 0 Å². The lowest BCUT2D eigenvalue weighted by atomic mass is 10.1. The molecule has 0 saturated carbocycles. The molecule has 0 bridgehead atoms. The average molecular weight is 347 g/mol. The number of rotatable bonds is 6. The van der Waals surface area contributed by atoms with Crippen molar-refractivity contribution < 1.29 is 0 Å². The standard InChI is InChI=1S/C18H23BrN2/c1-4-20-14(2)16-10-11-18(17(19)12-16)21(3)13-15-8-6-5-7-9-15/h5-12,14,20H,4,13H2,1-3H3. The van der Waals surface area contributed by atoms with Crippen molar-refractivity contribution in [1.29, 1.82) is 0 Å². The summed E-state index contributed by atoms with van der Waals surface area (Å²) < 4.78 is 1.14. The van der Waals surface area contributed by atoms with Gasteiger partial charge in [-0.3, -0.25) is 0 Å². The Balaban J connectivity index is 2.13. The molecule has 112 valence electrons. The average Bonchev–Trinajstić information content (AvgIpc) is 2.48. The molecule has 0 aliphatic heterocycles. The van der Waals surface area contributed by atoms with Gasteiger partial charge in [0.25, 0.3) is 0 Å². The molecule has 0 saturated heterocycles. The third-order valence-electron chi connectivity index (χ3n) is 3.66. The van der Waals surface area contributed by atoms with E-state index < -0.39 is 0 Å². The van der Waals surface area contributed by atoms with Gasteiger partial charge in [-0.25, -0.2) is 0 Å². The van der Waals surface area contributed by atoms with E-state index in [-0.39, 0.29) is 0 Å². The van der Waals surface area contributed by atoms with Crippen LogP contribution < -0.4 is 10.2 Å². The lowest BCUT2D eigenvalue weighted by Gasteiger charge is -2.22. The molecule has 1 unspecified atom stereocenters. The second-order valence-corrected chi connectivity index (χ2v) is 6.19. The quantitative estimate of drug-likeness (QED) is 0.811. The fourth-order valence-electron chi connectivity index (χ4n) is 2.47. The maximum Gasteiger partial charge on any atom is 0.0511 e. The van der Waals surface area contributed by atoms with Gasteiger partial charge < -0.3 is 10.2 Å². The van der Waals surface area contributed by atoms with E-state index in [1.54, 1.807) is 0 Å². The summed E-state index contributed by atoms with van der Waals surface area (Å²) in [6, 6.07) is 17.5. The lowest BCUT2D eigenvalue weighted by molar-refractivity contribution is 0.598. The minimum atomic E-state index is 0.375. The molecule has 0 radical (unpaired) electrons. The van der Waals surface area contributed by atoms with Crippen molar-refractivity contribution >= 4 is 21.6 Å². The second kappa shape index (κ2) is 7.62. The minimum absolute atomic E-state index is 0.375. The molecular weight excluding hydrogens is 324 g/mol. The van der Waals surface area contributed by atoms with Crippen LogP contribution in [0.1, 0.15) is 31.0 Å². The van der Waals surface area contributed by atoms with E-state index in [0.29, 0.717) is 6.04 Å². The molecule has 2 rings (SSSR count). The van der Waals surface area contributed by atoms with Crippen LogP contribution in [0.25, 0.3) is 0 Å². The van der Waals surface area contributed by atoms with Crippen LogP contribution in [0.2, 0.25) is 0 Å². The van der Waals surface area contributed by atoms with Crippen LogP contribution in [0.4, 0.5) is 5.69 Å². The Hall–Kier alpha value is -1.32. The van der Waals surface area contributed by atoms with Gasteiger partial charge in [0.15, 0.2) is 0 Å². The summed E-state index contributed by atoms with van der Waals surface area (Å²) in [5, 5.41) is 3.44. The fraction of sp³-hybridized carbons (Fsp3) is 0.333. The molecule has 0 aromatic heterocycles. The zero-order valence-electron chi connectivity index (χ0n) is 12.9. The van der Waals surface area contributed by atoms with Crippen molar-refractivity contribution in [3.05, 3.63) is 64.1 Å². The zero-order valence-corrected chi connectivity index (χ0v) is 14.5. The largest absolute Gasteiger partial charge is 0.369 e. The molecule has 1 atom stereocenters. The van der Waals surface area contributed by atoms with E-state index in [9.17, 15) is 0 Å².